The Kier molecular flexibility index (Phi) is 4.58. The molecule has 1 amide bonds. The van der Waals surface area contributed by atoms with E-state index in [1.54, 1.807) is 6.07 Å². The van der Waals surface area contributed by atoms with Crippen molar-refractivity contribution in [3.8, 4) is 16.9 Å². The van der Waals surface area contributed by atoms with Crippen molar-refractivity contribution in [1.82, 2.24) is 0 Å². The summed E-state index contributed by atoms with van der Waals surface area (Å²) in [6, 6.07) is 29.5. The van der Waals surface area contributed by atoms with Gasteiger partial charge in [0.05, 0.1) is 0 Å². The Labute approximate surface area is 158 Å². The number of hydrogen-bond acceptors (Lipinski definition) is 2. The summed E-state index contributed by atoms with van der Waals surface area (Å²) in [5.41, 5.74) is 9.00. The molecule has 0 bridgehead atoms. The van der Waals surface area contributed by atoms with E-state index in [0.717, 1.165) is 33.2 Å². The molecular formula is C24H19NO2. The normalized spacial score (nSPS) is 10.7. The molecule has 3 nitrogen and oxygen atoms in total. The highest BCUT2D eigenvalue weighted by atomic mass is 16.5. The number of fused-ring (bicyclic) bond motifs is 1. The van der Waals surface area contributed by atoms with Crippen LogP contribution in [0, 0.1) is 0 Å². The second-order valence-electron chi connectivity index (χ2n) is 6.38. The summed E-state index contributed by atoms with van der Waals surface area (Å²) >= 11 is 0. The molecule has 4 rings (SSSR count). The largest absolute Gasteiger partial charge is 0.489 e. The first kappa shape index (κ1) is 16.9. The Hall–Kier alpha value is -3.59. The van der Waals surface area contributed by atoms with E-state index in [1.165, 1.54) is 0 Å². The standard InChI is InChI=1S/C24H19NO2/c25-24(26)22-14-13-18-9-4-5-12-21(18)23(22)19-10-6-11-20(15-19)27-16-17-7-2-1-3-8-17/h1-15H,16H2,(H2,25,26). The summed E-state index contributed by atoms with van der Waals surface area (Å²) in [5, 5.41) is 2.06. The third kappa shape index (κ3) is 3.53. The molecular weight excluding hydrogens is 334 g/mol. The van der Waals surface area contributed by atoms with Crippen molar-refractivity contribution < 1.29 is 9.53 Å². The molecule has 0 aliphatic heterocycles. The Morgan fingerprint density at radius 2 is 1.59 bits per heavy atom. The second kappa shape index (κ2) is 7.34. The van der Waals surface area contributed by atoms with Crippen LogP contribution in [-0.4, -0.2) is 5.91 Å². The third-order valence-electron chi connectivity index (χ3n) is 4.57. The van der Waals surface area contributed by atoms with Crippen molar-refractivity contribution in [2.45, 2.75) is 6.61 Å². The summed E-state index contributed by atoms with van der Waals surface area (Å²) in [7, 11) is 0. The number of primary amides is 1. The molecule has 0 unspecified atom stereocenters. The quantitative estimate of drug-likeness (QED) is 0.537. The lowest BCUT2D eigenvalue weighted by Gasteiger charge is -2.13. The zero-order chi connectivity index (χ0) is 18.6. The average molecular weight is 353 g/mol. The topological polar surface area (TPSA) is 52.3 Å². The minimum absolute atomic E-state index is 0.439. The second-order valence-corrected chi connectivity index (χ2v) is 6.38. The molecule has 0 aromatic heterocycles. The Morgan fingerprint density at radius 3 is 2.41 bits per heavy atom. The van der Waals surface area contributed by atoms with Crippen LogP contribution in [0.3, 0.4) is 0 Å². The van der Waals surface area contributed by atoms with Crippen LogP contribution >= 0.6 is 0 Å². The highest BCUT2D eigenvalue weighted by molar-refractivity contribution is 6.09. The van der Waals surface area contributed by atoms with E-state index in [2.05, 4.69) is 0 Å². The van der Waals surface area contributed by atoms with Gasteiger partial charge in [0.15, 0.2) is 0 Å². The van der Waals surface area contributed by atoms with E-state index < -0.39 is 5.91 Å². The van der Waals surface area contributed by atoms with E-state index in [0.29, 0.717) is 12.2 Å². The predicted molar refractivity (Wildman–Crippen MR) is 109 cm³/mol. The molecule has 0 fully saturated rings. The molecule has 132 valence electrons. The fourth-order valence-corrected chi connectivity index (χ4v) is 3.27. The van der Waals surface area contributed by atoms with Gasteiger partial charge < -0.3 is 10.5 Å². The van der Waals surface area contributed by atoms with E-state index >= 15 is 0 Å². The lowest BCUT2D eigenvalue weighted by atomic mass is 9.93. The fourth-order valence-electron chi connectivity index (χ4n) is 3.27. The molecule has 0 saturated carbocycles. The van der Waals surface area contributed by atoms with Crippen molar-refractivity contribution in [1.29, 1.82) is 0 Å². The van der Waals surface area contributed by atoms with Crippen LogP contribution in [0.5, 0.6) is 5.75 Å². The summed E-state index contributed by atoms with van der Waals surface area (Å²) in [5.74, 6) is 0.311. The van der Waals surface area contributed by atoms with Crippen LogP contribution in [0.4, 0.5) is 0 Å². The zero-order valence-corrected chi connectivity index (χ0v) is 14.8. The molecule has 0 heterocycles. The van der Waals surface area contributed by atoms with Gasteiger partial charge >= 0.3 is 0 Å². The van der Waals surface area contributed by atoms with Crippen LogP contribution in [0.15, 0.2) is 91.0 Å². The minimum Gasteiger partial charge on any atom is -0.489 e. The molecule has 0 aliphatic carbocycles. The molecule has 4 aromatic rings. The average Bonchev–Trinajstić information content (AvgIpc) is 2.72. The third-order valence-corrected chi connectivity index (χ3v) is 4.57. The van der Waals surface area contributed by atoms with Gasteiger partial charge in [-0.25, -0.2) is 0 Å². The summed E-state index contributed by atoms with van der Waals surface area (Å²) in [6.07, 6.45) is 0. The van der Waals surface area contributed by atoms with E-state index in [-0.39, 0.29) is 0 Å². The molecule has 0 radical (unpaired) electrons. The maximum atomic E-state index is 12.0. The number of nitrogens with two attached hydrogens (primary N) is 1. The number of amides is 1. The van der Waals surface area contributed by atoms with Crippen LogP contribution < -0.4 is 10.5 Å². The minimum atomic E-state index is -0.439. The Morgan fingerprint density at radius 1 is 0.815 bits per heavy atom. The van der Waals surface area contributed by atoms with E-state index in [9.17, 15) is 4.79 Å². The molecule has 3 heteroatoms. The first-order valence-electron chi connectivity index (χ1n) is 8.81. The Bertz CT molecular complexity index is 1100. The van der Waals surface area contributed by atoms with Gasteiger partial charge in [0.25, 0.3) is 0 Å². The van der Waals surface area contributed by atoms with Gasteiger partial charge in [-0.15, -0.1) is 0 Å². The maximum absolute atomic E-state index is 12.0. The summed E-state index contributed by atoms with van der Waals surface area (Å²) < 4.78 is 5.95. The van der Waals surface area contributed by atoms with Crippen LogP contribution in [-0.2, 0) is 6.61 Å². The van der Waals surface area contributed by atoms with Gasteiger partial charge in [0, 0.05) is 11.1 Å². The summed E-state index contributed by atoms with van der Waals surface area (Å²) in [4.78, 5) is 12.0. The molecule has 2 N–H and O–H groups in total. The zero-order valence-electron chi connectivity index (χ0n) is 14.8. The van der Waals surface area contributed by atoms with Gasteiger partial charge in [-0.2, -0.15) is 0 Å². The number of hydrogen-bond donors (Lipinski definition) is 1. The van der Waals surface area contributed by atoms with Gasteiger partial charge in [0.2, 0.25) is 5.91 Å². The highest BCUT2D eigenvalue weighted by Crippen LogP contribution is 2.34. The van der Waals surface area contributed by atoms with Gasteiger partial charge in [-0.1, -0.05) is 72.8 Å². The number of carbonyl (C=O) groups excluding carboxylic acids is 1. The smallest absolute Gasteiger partial charge is 0.249 e. The van der Waals surface area contributed by atoms with Crippen molar-refractivity contribution in [2.75, 3.05) is 0 Å². The molecule has 4 aromatic carbocycles. The monoisotopic (exact) mass is 353 g/mol. The number of carbonyl (C=O) groups is 1. The van der Waals surface area contributed by atoms with Crippen LogP contribution in [0.2, 0.25) is 0 Å². The lowest BCUT2D eigenvalue weighted by molar-refractivity contribution is 0.100. The molecule has 0 spiro atoms. The van der Waals surface area contributed by atoms with E-state index in [4.69, 9.17) is 10.5 Å². The van der Waals surface area contributed by atoms with Crippen molar-refractivity contribution in [2.24, 2.45) is 5.73 Å². The van der Waals surface area contributed by atoms with Gasteiger partial charge in [-0.3, -0.25) is 4.79 Å². The Balaban J connectivity index is 1.75. The first-order chi connectivity index (χ1) is 13.2. The van der Waals surface area contributed by atoms with Crippen LogP contribution in [0.25, 0.3) is 21.9 Å². The predicted octanol–water partition coefficient (Wildman–Crippen LogP) is 5.18. The van der Waals surface area contributed by atoms with Gasteiger partial charge in [0.1, 0.15) is 12.4 Å². The molecule has 27 heavy (non-hydrogen) atoms. The van der Waals surface area contributed by atoms with Crippen molar-refractivity contribution in [3.63, 3.8) is 0 Å². The fraction of sp³-hybridized carbons (Fsp3) is 0.0417. The van der Waals surface area contributed by atoms with Crippen molar-refractivity contribution >= 4 is 16.7 Å². The molecule has 0 saturated heterocycles. The van der Waals surface area contributed by atoms with Crippen molar-refractivity contribution in [3.05, 3.63) is 102 Å². The number of benzene rings is 4. The molecule has 0 atom stereocenters. The van der Waals surface area contributed by atoms with Crippen LogP contribution in [0.1, 0.15) is 15.9 Å². The maximum Gasteiger partial charge on any atom is 0.249 e. The number of rotatable bonds is 5. The van der Waals surface area contributed by atoms with E-state index in [1.807, 2.05) is 84.9 Å². The lowest BCUT2D eigenvalue weighted by Crippen LogP contribution is -2.12. The van der Waals surface area contributed by atoms with Gasteiger partial charge in [-0.05, 0) is 40.1 Å². The number of ether oxygens (including phenoxy) is 1. The summed E-state index contributed by atoms with van der Waals surface area (Å²) in [6.45, 7) is 0.489. The molecule has 0 aliphatic rings. The SMILES string of the molecule is NC(=O)c1ccc2ccccc2c1-c1cccc(OCc2ccccc2)c1. The highest BCUT2D eigenvalue weighted by Gasteiger charge is 2.14. The first-order valence-corrected chi connectivity index (χ1v) is 8.81.